The van der Waals surface area contributed by atoms with E-state index >= 15 is 0 Å². The second-order valence-corrected chi connectivity index (χ2v) is 4.88. The Hall–Kier alpha value is -0.460. The van der Waals surface area contributed by atoms with Crippen LogP contribution in [0, 0.1) is 0 Å². The van der Waals surface area contributed by atoms with Gasteiger partial charge in [-0.05, 0) is 39.5 Å². The summed E-state index contributed by atoms with van der Waals surface area (Å²) in [7, 11) is 0. The average molecular weight is 195 g/mol. The molecular formula is C13H25N. The van der Waals surface area contributed by atoms with Crippen molar-refractivity contribution >= 4 is 0 Å². The maximum atomic E-state index is 2.66. The summed E-state index contributed by atoms with van der Waals surface area (Å²) in [5.74, 6) is 0. The summed E-state index contributed by atoms with van der Waals surface area (Å²) < 4.78 is 0. The second-order valence-electron chi connectivity index (χ2n) is 4.88. The van der Waals surface area contributed by atoms with Gasteiger partial charge in [0.05, 0.1) is 0 Å². The van der Waals surface area contributed by atoms with E-state index in [1.807, 2.05) is 0 Å². The minimum Gasteiger partial charge on any atom is -0.367 e. The zero-order chi connectivity index (χ0) is 10.8. The van der Waals surface area contributed by atoms with Crippen molar-refractivity contribution in [3.63, 3.8) is 0 Å². The van der Waals surface area contributed by atoms with Crippen LogP contribution in [0.15, 0.2) is 11.8 Å². The van der Waals surface area contributed by atoms with Gasteiger partial charge in [0, 0.05) is 17.3 Å². The van der Waals surface area contributed by atoms with E-state index in [9.17, 15) is 0 Å². The smallest absolute Gasteiger partial charge is 0.0343 e. The van der Waals surface area contributed by atoms with Crippen molar-refractivity contribution in [2.24, 2.45) is 0 Å². The molecule has 0 saturated carbocycles. The van der Waals surface area contributed by atoms with E-state index in [0.29, 0.717) is 5.54 Å². The summed E-state index contributed by atoms with van der Waals surface area (Å²) in [6.07, 6.45) is 7.36. The Morgan fingerprint density at radius 1 is 1.36 bits per heavy atom. The molecular weight excluding hydrogens is 170 g/mol. The highest BCUT2D eigenvalue weighted by molar-refractivity contribution is 5.14. The quantitative estimate of drug-likeness (QED) is 0.656. The van der Waals surface area contributed by atoms with Crippen LogP contribution in [-0.4, -0.2) is 16.5 Å². The first-order chi connectivity index (χ1) is 6.56. The molecule has 0 fully saturated rings. The molecule has 0 aromatic rings. The van der Waals surface area contributed by atoms with Crippen molar-refractivity contribution in [2.45, 2.75) is 71.9 Å². The highest BCUT2D eigenvalue weighted by Gasteiger charge is 2.33. The van der Waals surface area contributed by atoms with Gasteiger partial charge in [0.2, 0.25) is 0 Å². The Bertz CT molecular complexity index is 215. The molecule has 0 amide bonds. The van der Waals surface area contributed by atoms with E-state index in [-0.39, 0.29) is 0 Å². The summed E-state index contributed by atoms with van der Waals surface area (Å²) in [5, 5.41) is 0. The van der Waals surface area contributed by atoms with Gasteiger partial charge in [-0.2, -0.15) is 0 Å². The minimum atomic E-state index is 0.332. The van der Waals surface area contributed by atoms with Crippen molar-refractivity contribution < 1.29 is 0 Å². The Balaban J connectivity index is 2.85. The van der Waals surface area contributed by atoms with Gasteiger partial charge < -0.3 is 4.90 Å². The molecule has 0 aromatic carbocycles. The molecule has 0 bridgehead atoms. The fraction of sp³-hybridized carbons (Fsp3) is 0.846. The van der Waals surface area contributed by atoms with Crippen molar-refractivity contribution in [2.75, 3.05) is 0 Å². The summed E-state index contributed by atoms with van der Waals surface area (Å²) in [5.41, 5.74) is 1.89. The van der Waals surface area contributed by atoms with Gasteiger partial charge in [-0.1, -0.05) is 26.8 Å². The molecule has 1 heteroatoms. The molecule has 1 unspecified atom stereocenters. The maximum absolute atomic E-state index is 2.66. The molecule has 0 spiro atoms. The predicted octanol–water partition coefficient (Wildman–Crippen LogP) is 3.95. The van der Waals surface area contributed by atoms with Crippen molar-refractivity contribution in [3.8, 4) is 0 Å². The van der Waals surface area contributed by atoms with E-state index in [4.69, 9.17) is 0 Å². The monoisotopic (exact) mass is 195 g/mol. The maximum Gasteiger partial charge on any atom is 0.0343 e. The summed E-state index contributed by atoms with van der Waals surface area (Å²) in [6, 6.07) is 0.750. The minimum absolute atomic E-state index is 0.332. The first-order valence-electron chi connectivity index (χ1n) is 6.05. The lowest BCUT2D eigenvalue weighted by atomic mass is 9.96. The summed E-state index contributed by atoms with van der Waals surface area (Å²) in [6.45, 7) is 11.6. The Labute approximate surface area is 89.2 Å². The second kappa shape index (κ2) is 4.37. The van der Waals surface area contributed by atoms with E-state index in [2.05, 4.69) is 45.6 Å². The van der Waals surface area contributed by atoms with Crippen molar-refractivity contribution in [1.29, 1.82) is 0 Å². The van der Waals surface area contributed by atoms with E-state index < -0.39 is 0 Å². The Kier molecular flexibility index (Phi) is 3.63. The fourth-order valence-electron chi connectivity index (χ4n) is 2.43. The van der Waals surface area contributed by atoms with Crippen LogP contribution < -0.4 is 0 Å². The summed E-state index contributed by atoms with van der Waals surface area (Å²) >= 11 is 0. The molecule has 1 rings (SSSR count). The van der Waals surface area contributed by atoms with E-state index in [1.54, 1.807) is 5.70 Å². The molecule has 14 heavy (non-hydrogen) atoms. The molecule has 82 valence electrons. The molecule has 0 N–H and O–H groups in total. The van der Waals surface area contributed by atoms with Crippen LogP contribution in [0.4, 0.5) is 0 Å². The first kappa shape index (κ1) is 11.6. The Morgan fingerprint density at radius 2 is 2.00 bits per heavy atom. The molecule has 0 saturated heterocycles. The van der Waals surface area contributed by atoms with Gasteiger partial charge >= 0.3 is 0 Å². The zero-order valence-electron chi connectivity index (χ0n) is 10.4. The number of rotatable bonds is 4. The third-order valence-corrected chi connectivity index (χ3v) is 3.65. The SMILES string of the molecule is CCC1=CCC(CC)N1C(C)(C)CC. The largest absolute Gasteiger partial charge is 0.367 e. The number of allylic oxidation sites excluding steroid dienone is 1. The van der Waals surface area contributed by atoms with Gasteiger partial charge in [0.15, 0.2) is 0 Å². The van der Waals surface area contributed by atoms with Crippen LogP contribution >= 0.6 is 0 Å². The average Bonchev–Trinajstić information content (AvgIpc) is 2.61. The van der Waals surface area contributed by atoms with Gasteiger partial charge in [-0.15, -0.1) is 0 Å². The third kappa shape index (κ3) is 1.97. The van der Waals surface area contributed by atoms with Gasteiger partial charge in [0.1, 0.15) is 0 Å². The van der Waals surface area contributed by atoms with Gasteiger partial charge in [0.25, 0.3) is 0 Å². The molecule has 1 heterocycles. The highest BCUT2D eigenvalue weighted by Crippen LogP contribution is 2.35. The molecule has 1 atom stereocenters. The standard InChI is InChI=1S/C13H25N/c1-6-11-9-10-12(7-2)14(11)13(4,5)8-3/h9,12H,6-8,10H2,1-5H3. The summed E-state index contributed by atoms with van der Waals surface area (Å²) in [4.78, 5) is 2.66. The number of hydrogen-bond donors (Lipinski definition) is 0. The molecule has 0 radical (unpaired) electrons. The first-order valence-corrected chi connectivity index (χ1v) is 6.05. The van der Waals surface area contributed by atoms with Gasteiger partial charge in [-0.25, -0.2) is 0 Å². The normalized spacial score (nSPS) is 22.8. The van der Waals surface area contributed by atoms with Crippen LogP contribution in [0.3, 0.4) is 0 Å². The van der Waals surface area contributed by atoms with Crippen LogP contribution in [0.25, 0.3) is 0 Å². The van der Waals surface area contributed by atoms with Crippen molar-refractivity contribution in [1.82, 2.24) is 4.90 Å². The van der Waals surface area contributed by atoms with E-state index in [1.165, 1.54) is 25.7 Å². The predicted molar refractivity (Wildman–Crippen MR) is 63.3 cm³/mol. The van der Waals surface area contributed by atoms with Crippen LogP contribution in [0.5, 0.6) is 0 Å². The molecule has 0 aliphatic carbocycles. The van der Waals surface area contributed by atoms with E-state index in [0.717, 1.165) is 6.04 Å². The fourth-order valence-corrected chi connectivity index (χ4v) is 2.43. The van der Waals surface area contributed by atoms with Crippen LogP contribution in [0.1, 0.15) is 60.3 Å². The molecule has 1 aliphatic rings. The Morgan fingerprint density at radius 3 is 2.43 bits per heavy atom. The highest BCUT2D eigenvalue weighted by atomic mass is 15.2. The van der Waals surface area contributed by atoms with Gasteiger partial charge in [-0.3, -0.25) is 0 Å². The molecule has 0 aromatic heterocycles. The number of hydrogen-bond acceptors (Lipinski definition) is 1. The lowest BCUT2D eigenvalue weighted by Crippen LogP contribution is -2.46. The van der Waals surface area contributed by atoms with Crippen molar-refractivity contribution in [3.05, 3.63) is 11.8 Å². The third-order valence-electron chi connectivity index (χ3n) is 3.65. The zero-order valence-corrected chi connectivity index (χ0v) is 10.4. The molecule has 1 aliphatic heterocycles. The lowest BCUT2D eigenvalue weighted by Gasteiger charge is -2.43. The topological polar surface area (TPSA) is 3.24 Å². The lowest BCUT2D eigenvalue weighted by molar-refractivity contribution is 0.116. The van der Waals surface area contributed by atoms with Crippen LogP contribution in [-0.2, 0) is 0 Å². The molecule has 1 nitrogen and oxygen atoms in total. The van der Waals surface area contributed by atoms with Crippen LogP contribution in [0.2, 0.25) is 0 Å². The number of nitrogens with zero attached hydrogens (tertiary/aromatic N) is 1.